The van der Waals surface area contributed by atoms with Gasteiger partial charge in [-0.25, -0.2) is 4.79 Å². The van der Waals surface area contributed by atoms with E-state index in [-0.39, 0.29) is 6.03 Å². The molecule has 2 rings (SSSR count). The molecule has 1 aromatic rings. The van der Waals surface area contributed by atoms with Crippen LogP contribution >= 0.6 is 0 Å². The van der Waals surface area contributed by atoms with E-state index in [0.717, 1.165) is 25.2 Å². The van der Waals surface area contributed by atoms with Crippen LogP contribution in [0.2, 0.25) is 0 Å². The number of rotatable bonds is 4. The Bertz CT molecular complexity index is 368. The monoisotopic (exact) mass is 234 g/mol. The van der Waals surface area contributed by atoms with Crippen LogP contribution in [-0.2, 0) is 6.54 Å². The molecule has 1 aromatic heterocycles. The number of carbonyl (C=O) groups is 1. The zero-order chi connectivity index (χ0) is 12.1. The highest BCUT2D eigenvalue weighted by Crippen LogP contribution is 2.10. The van der Waals surface area contributed by atoms with Crippen LogP contribution in [-0.4, -0.2) is 42.6 Å². The first-order valence-electron chi connectivity index (χ1n) is 5.86. The number of hydrogen-bond acceptors (Lipinski definition) is 3. The van der Waals surface area contributed by atoms with Gasteiger partial charge in [0.05, 0.1) is 0 Å². The van der Waals surface area contributed by atoms with Crippen molar-refractivity contribution in [1.82, 2.24) is 20.5 Å². The minimum absolute atomic E-state index is 0.0150. The summed E-state index contributed by atoms with van der Waals surface area (Å²) in [5.74, 6) is 0.467. The van der Waals surface area contributed by atoms with Gasteiger partial charge in [-0.2, -0.15) is 0 Å². The van der Waals surface area contributed by atoms with Crippen LogP contribution in [0.15, 0.2) is 24.5 Å². The predicted octanol–water partition coefficient (Wildman–Crippen LogP) is 0.442. The molecule has 17 heavy (non-hydrogen) atoms. The Morgan fingerprint density at radius 2 is 2.53 bits per heavy atom. The van der Waals surface area contributed by atoms with Gasteiger partial charge in [-0.1, -0.05) is 6.07 Å². The number of hydrogen-bond donors (Lipinski definition) is 2. The number of aromatic nitrogens is 1. The van der Waals surface area contributed by atoms with E-state index in [4.69, 9.17) is 0 Å². The molecule has 0 radical (unpaired) electrons. The van der Waals surface area contributed by atoms with Crippen molar-refractivity contribution in [2.75, 3.05) is 26.7 Å². The first-order chi connectivity index (χ1) is 8.29. The third-order valence-corrected chi connectivity index (χ3v) is 2.90. The van der Waals surface area contributed by atoms with Crippen molar-refractivity contribution < 1.29 is 4.79 Å². The number of pyridine rings is 1. The zero-order valence-electron chi connectivity index (χ0n) is 10.0. The summed E-state index contributed by atoms with van der Waals surface area (Å²) in [5, 5.41) is 6.06. The van der Waals surface area contributed by atoms with Crippen molar-refractivity contribution in [3.8, 4) is 0 Å². The van der Waals surface area contributed by atoms with Crippen LogP contribution in [0.25, 0.3) is 0 Å². The summed E-state index contributed by atoms with van der Waals surface area (Å²) in [4.78, 5) is 17.6. The molecule has 0 aromatic carbocycles. The van der Waals surface area contributed by atoms with Crippen molar-refractivity contribution in [2.45, 2.75) is 6.54 Å². The second kappa shape index (κ2) is 5.63. The molecule has 0 aliphatic carbocycles. The SMILES string of the molecule is CNCC1CNC(=O)N(Cc2cccnc2)C1. The number of nitrogens with zero attached hydrogens (tertiary/aromatic N) is 2. The molecule has 1 fully saturated rings. The average Bonchev–Trinajstić information content (AvgIpc) is 2.35. The minimum atomic E-state index is 0.0150. The molecule has 5 heteroatoms. The third kappa shape index (κ3) is 3.17. The topological polar surface area (TPSA) is 57.3 Å². The Labute approximate surface area is 101 Å². The first-order valence-corrected chi connectivity index (χ1v) is 5.86. The van der Waals surface area contributed by atoms with Crippen LogP contribution in [0.5, 0.6) is 0 Å². The summed E-state index contributed by atoms with van der Waals surface area (Å²) >= 11 is 0. The van der Waals surface area contributed by atoms with Crippen LogP contribution in [0, 0.1) is 5.92 Å². The normalized spacial score (nSPS) is 20.2. The van der Waals surface area contributed by atoms with Crippen LogP contribution in [0.1, 0.15) is 5.56 Å². The smallest absolute Gasteiger partial charge is 0.317 e. The molecule has 2 amide bonds. The van der Waals surface area contributed by atoms with Gasteiger partial charge in [0.2, 0.25) is 0 Å². The van der Waals surface area contributed by atoms with Crippen molar-refractivity contribution in [1.29, 1.82) is 0 Å². The molecule has 1 saturated heterocycles. The fraction of sp³-hybridized carbons (Fsp3) is 0.500. The summed E-state index contributed by atoms with van der Waals surface area (Å²) in [6.07, 6.45) is 3.54. The minimum Gasteiger partial charge on any atom is -0.338 e. The standard InChI is InChI=1S/C12H18N4O/c1-13-5-11-7-15-12(17)16(9-11)8-10-3-2-4-14-6-10/h2-4,6,11,13H,5,7-9H2,1H3,(H,15,17). The highest BCUT2D eigenvalue weighted by Gasteiger charge is 2.24. The van der Waals surface area contributed by atoms with Crippen molar-refractivity contribution in [3.05, 3.63) is 30.1 Å². The van der Waals surface area contributed by atoms with Crippen LogP contribution in [0.3, 0.4) is 0 Å². The molecule has 1 aliphatic rings. The summed E-state index contributed by atoms with van der Waals surface area (Å²) in [6, 6.07) is 3.89. The van der Waals surface area contributed by atoms with Crippen molar-refractivity contribution in [2.24, 2.45) is 5.92 Å². The molecular weight excluding hydrogens is 216 g/mol. The fourth-order valence-electron chi connectivity index (χ4n) is 2.08. The number of nitrogens with one attached hydrogen (secondary N) is 2. The Morgan fingerprint density at radius 1 is 1.65 bits per heavy atom. The zero-order valence-corrected chi connectivity index (χ0v) is 10.0. The molecule has 0 saturated carbocycles. The second-order valence-electron chi connectivity index (χ2n) is 4.35. The van der Waals surface area contributed by atoms with E-state index < -0.39 is 0 Å². The molecule has 2 N–H and O–H groups in total. The lowest BCUT2D eigenvalue weighted by molar-refractivity contribution is 0.163. The van der Waals surface area contributed by atoms with Gasteiger partial charge in [-0.3, -0.25) is 4.98 Å². The molecule has 2 heterocycles. The van der Waals surface area contributed by atoms with Gasteiger partial charge in [0.15, 0.2) is 0 Å². The summed E-state index contributed by atoms with van der Waals surface area (Å²) in [7, 11) is 1.93. The van der Waals surface area contributed by atoms with E-state index >= 15 is 0 Å². The predicted molar refractivity (Wildman–Crippen MR) is 65.5 cm³/mol. The maximum absolute atomic E-state index is 11.7. The second-order valence-corrected chi connectivity index (χ2v) is 4.35. The molecule has 5 nitrogen and oxygen atoms in total. The van der Waals surface area contributed by atoms with Gasteiger partial charge >= 0.3 is 6.03 Å². The fourth-order valence-corrected chi connectivity index (χ4v) is 2.08. The van der Waals surface area contributed by atoms with E-state index in [2.05, 4.69) is 15.6 Å². The Morgan fingerprint density at radius 3 is 3.24 bits per heavy atom. The lowest BCUT2D eigenvalue weighted by Crippen LogP contribution is -2.52. The van der Waals surface area contributed by atoms with Gasteiger partial charge < -0.3 is 15.5 Å². The lowest BCUT2D eigenvalue weighted by atomic mass is 10.1. The summed E-state index contributed by atoms with van der Waals surface area (Å²) < 4.78 is 0. The van der Waals surface area contributed by atoms with E-state index in [9.17, 15) is 4.79 Å². The summed E-state index contributed by atoms with van der Waals surface area (Å²) in [5.41, 5.74) is 1.06. The maximum atomic E-state index is 11.7. The maximum Gasteiger partial charge on any atom is 0.317 e. The van der Waals surface area contributed by atoms with Gasteiger partial charge in [0, 0.05) is 44.5 Å². The van der Waals surface area contributed by atoms with E-state index in [1.165, 1.54) is 0 Å². The van der Waals surface area contributed by atoms with Gasteiger partial charge in [-0.05, 0) is 18.7 Å². The number of urea groups is 1. The van der Waals surface area contributed by atoms with Crippen molar-refractivity contribution in [3.63, 3.8) is 0 Å². The van der Waals surface area contributed by atoms with Gasteiger partial charge in [0.1, 0.15) is 0 Å². The van der Waals surface area contributed by atoms with Gasteiger partial charge in [0.25, 0.3) is 0 Å². The van der Waals surface area contributed by atoms with E-state index in [1.807, 2.05) is 24.1 Å². The first kappa shape index (κ1) is 11.9. The highest BCUT2D eigenvalue weighted by atomic mass is 16.2. The molecule has 1 aliphatic heterocycles. The molecule has 1 atom stereocenters. The molecule has 1 unspecified atom stereocenters. The largest absolute Gasteiger partial charge is 0.338 e. The van der Waals surface area contributed by atoms with Crippen molar-refractivity contribution >= 4 is 6.03 Å². The molecule has 92 valence electrons. The molecule has 0 bridgehead atoms. The Hall–Kier alpha value is -1.62. The molecular formula is C12H18N4O. The van der Waals surface area contributed by atoms with Crippen LogP contribution < -0.4 is 10.6 Å². The summed E-state index contributed by atoms with van der Waals surface area (Å²) in [6.45, 7) is 3.09. The Balaban J connectivity index is 1.96. The average molecular weight is 234 g/mol. The number of carbonyl (C=O) groups excluding carboxylic acids is 1. The third-order valence-electron chi connectivity index (χ3n) is 2.90. The molecule has 0 spiro atoms. The van der Waals surface area contributed by atoms with Gasteiger partial charge in [-0.15, -0.1) is 0 Å². The lowest BCUT2D eigenvalue weighted by Gasteiger charge is -2.33. The quantitative estimate of drug-likeness (QED) is 0.795. The van der Waals surface area contributed by atoms with E-state index in [0.29, 0.717) is 12.5 Å². The Kier molecular flexibility index (Phi) is 3.93. The van der Waals surface area contributed by atoms with E-state index in [1.54, 1.807) is 12.4 Å². The number of amides is 2. The highest BCUT2D eigenvalue weighted by molar-refractivity contribution is 5.75. The van der Waals surface area contributed by atoms with Crippen LogP contribution in [0.4, 0.5) is 4.79 Å².